The van der Waals surface area contributed by atoms with Gasteiger partial charge in [-0.2, -0.15) is 0 Å². The van der Waals surface area contributed by atoms with Crippen molar-refractivity contribution in [2.75, 3.05) is 11.9 Å². The van der Waals surface area contributed by atoms with Gasteiger partial charge in [0.15, 0.2) is 0 Å². The second-order valence-corrected chi connectivity index (χ2v) is 5.90. The number of rotatable bonds is 5. The van der Waals surface area contributed by atoms with E-state index in [1.165, 1.54) is 0 Å². The molecule has 0 saturated heterocycles. The number of hydrogen-bond donors (Lipinski definition) is 2. The third kappa shape index (κ3) is 3.12. The highest BCUT2D eigenvalue weighted by Crippen LogP contribution is 2.32. The maximum absolute atomic E-state index is 11.8. The minimum atomic E-state index is -0.604. The van der Waals surface area contributed by atoms with Gasteiger partial charge in [-0.05, 0) is 42.7 Å². The smallest absolute Gasteiger partial charge is 0.240 e. The molecule has 0 heterocycles. The van der Waals surface area contributed by atoms with Crippen molar-refractivity contribution in [2.24, 2.45) is 5.73 Å². The predicted octanol–water partition coefficient (Wildman–Crippen LogP) is 2.56. The van der Waals surface area contributed by atoms with E-state index < -0.39 is 5.54 Å². The SMILES string of the molecule is CN(c1ccccc1)c1ccc(CNC(=O)C2(N)CC2)cc1. The van der Waals surface area contributed by atoms with Crippen molar-refractivity contribution in [3.8, 4) is 0 Å². The van der Waals surface area contributed by atoms with Gasteiger partial charge in [0, 0.05) is 25.0 Å². The van der Waals surface area contributed by atoms with E-state index in [1.807, 2.05) is 37.4 Å². The highest BCUT2D eigenvalue weighted by Gasteiger charge is 2.45. The molecule has 1 aliphatic rings. The lowest BCUT2D eigenvalue weighted by molar-refractivity contribution is -0.123. The molecule has 2 aromatic rings. The first kappa shape index (κ1) is 14.6. The predicted molar refractivity (Wildman–Crippen MR) is 88.9 cm³/mol. The van der Waals surface area contributed by atoms with Gasteiger partial charge in [0.2, 0.25) is 5.91 Å². The van der Waals surface area contributed by atoms with Gasteiger partial charge >= 0.3 is 0 Å². The molecule has 1 saturated carbocycles. The molecule has 0 spiro atoms. The Morgan fingerprint density at radius 3 is 2.27 bits per heavy atom. The van der Waals surface area contributed by atoms with E-state index in [-0.39, 0.29) is 5.91 Å². The number of nitrogens with two attached hydrogens (primary N) is 1. The molecule has 0 aliphatic heterocycles. The molecule has 1 amide bonds. The van der Waals surface area contributed by atoms with Crippen molar-refractivity contribution in [2.45, 2.75) is 24.9 Å². The molecule has 4 nitrogen and oxygen atoms in total. The third-order valence-electron chi connectivity index (χ3n) is 4.16. The van der Waals surface area contributed by atoms with Crippen molar-refractivity contribution in [3.63, 3.8) is 0 Å². The molecule has 0 unspecified atom stereocenters. The van der Waals surface area contributed by atoms with Crippen LogP contribution in [-0.2, 0) is 11.3 Å². The van der Waals surface area contributed by atoms with Gasteiger partial charge in [-0.25, -0.2) is 0 Å². The number of nitrogens with zero attached hydrogens (tertiary/aromatic N) is 1. The Morgan fingerprint density at radius 2 is 1.68 bits per heavy atom. The Labute approximate surface area is 130 Å². The van der Waals surface area contributed by atoms with Crippen molar-refractivity contribution in [1.29, 1.82) is 0 Å². The van der Waals surface area contributed by atoms with E-state index in [0.717, 1.165) is 29.8 Å². The van der Waals surface area contributed by atoms with Crippen LogP contribution in [0.25, 0.3) is 0 Å². The number of carbonyl (C=O) groups is 1. The summed E-state index contributed by atoms with van der Waals surface area (Å²) in [6, 6.07) is 18.4. The number of carbonyl (C=O) groups excluding carboxylic acids is 1. The number of hydrogen-bond acceptors (Lipinski definition) is 3. The average molecular weight is 295 g/mol. The number of amides is 1. The average Bonchev–Trinajstić information content (AvgIpc) is 3.32. The molecule has 4 heteroatoms. The van der Waals surface area contributed by atoms with Crippen LogP contribution in [0.5, 0.6) is 0 Å². The molecule has 114 valence electrons. The third-order valence-corrected chi connectivity index (χ3v) is 4.16. The zero-order valence-electron chi connectivity index (χ0n) is 12.8. The van der Waals surface area contributed by atoms with Crippen LogP contribution in [0.4, 0.5) is 11.4 Å². The Bertz CT molecular complexity index is 648. The Hall–Kier alpha value is -2.33. The van der Waals surface area contributed by atoms with Crippen LogP contribution < -0.4 is 16.0 Å². The molecule has 2 aromatic carbocycles. The first-order valence-corrected chi connectivity index (χ1v) is 7.53. The lowest BCUT2D eigenvalue weighted by atomic mass is 10.1. The first-order chi connectivity index (χ1) is 10.6. The van der Waals surface area contributed by atoms with Gasteiger partial charge < -0.3 is 16.0 Å². The zero-order chi connectivity index (χ0) is 15.6. The Balaban J connectivity index is 1.61. The summed E-state index contributed by atoms with van der Waals surface area (Å²) in [5.74, 6) is -0.0435. The van der Waals surface area contributed by atoms with E-state index in [9.17, 15) is 4.79 Å². The van der Waals surface area contributed by atoms with Crippen LogP contribution in [0.2, 0.25) is 0 Å². The van der Waals surface area contributed by atoms with E-state index in [2.05, 4.69) is 34.5 Å². The molecular weight excluding hydrogens is 274 g/mol. The molecule has 3 rings (SSSR count). The highest BCUT2D eigenvalue weighted by molar-refractivity contribution is 5.88. The van der Waals surface area contributed by atoms with Crippen LogP contribution in [0.15, 0.2) is 54.6 Å². The van der Waals surface area contributed by atoms with Gasteiger partial charge in [-0.1, -0.05) is 30.3 Å². The molecule has 3 N–H and O–H groups in total. The van der Waals surface area contributed by atoms with Crippen molar-refractivity contribution < 1.29 is 4.79 Å². The molecule has 1 aliphatic carbocycles. The molecule has 0 aromatic heterocycles. The number of para-hydroxylation sites is 1. The summed E-state index contributed by atoms with van der Waals surface area (Å²) in [6.07, 6.45) is 1.58. The van der Waals surface area contributed by atoms with E-state index in [0.29, 0.717) is 6.54 Å². The lowest BCUT2D eigenvalue weighted by Gasteiger charge is -2.19. The first-order valence-electron chi connectivity index (χ1n) is 7.53. The minimum absolute atomic E-state index is 0.0435. The molecular formula is C18H21N3O. The zero-order valence-corrected chi connectivity index (χ0v) is 12.8. The summed E-state index contributed by atoms with van der Waals surface area (Å²) in [6.45, 7) is 0.521. The molecule has 22 heavy (non-hydrogen) atoms. The van der Waals surface area contributed by atoms with Crippen molar-refractivity contribution in [3.05, 3.63) is 60.2 Å². The maximum atomic E-state index is 11.8. The lowest BCUT2D eigenvalue weighted by Crippen LogP contribution is -2.42. The summed E-state index contributed by atoms with van der Waals surface area (Å²) in [4.78, 5) is 13.9. The summed E-state index contributed by atoms with van der Waals surface area (Å²) in [5.41, 5.74) is 8.58. The van der Waals surface area contributed by atoms with E-state index >= 15 is 0 Å². The van der Waals surface area contributed by atoms with Crippen LogP contribution in [-0.4, -0.2) is 18.5 Å². The summed E-state index contributed by atoms with van der Waals surface area (Å²) < 4.78 is 0. The fourth-order valence-corrected chi connectivity index (χ4v) is 2.36. The second-order valence-electron chi connectivity index (χ2n) is 5.90. The normalized spacial score (nSPS) is 15.2. The highest BCUT2D eigenvalue weighted by atomic mass is 16.2. The minimum Gasteiger partial charge on any atom is -0.350 e. The van der Waals surface area contributed by atoms with Crippen molar-refractivity contribution in [1.82, 2.24) is 5.32 Å². The van der Waals surface area contributed by atoms with Gasteiger partial charge in [-0.15, -0.1) is 0 Å². The molecule has 0 bridgehead atoms. The fraction of sp³-hybridized carbons (Fsp3) is 0.278. The van der Waals surface area contributed by atoms with Gasteiger partial charge in [-0.3, -0.25) is 4.79 Å². The summed E-state index contributed by atoms with van der Waals surface area (Å²) >= 11 is 0. The number of nitrogens with one attached hydrogen (secondary N) is 1. The maximum Gasteiger partial charge on any atom is 0.240 e. The van der Waals surface area contributed by atoms with Crippen LogP contribution in [0.3, 0.4) is 0 Å². The van der Waals surface area contributed by atoms with Crippen LogP contribution in [0.1, 0.15) is 18.4 Å². The number of benzene rings is 2. The fourth-order valence-electron chi connectivity index (χ4n) is 2.36. The topological polar surface area (TPSA) is 58.4 Å². The summed E-state index contributed by atoms with van der Waals surface area (Å²) in [7, 11) is 2.04. The van der Waals surface area contributed by atoms with Crippen molar-refractivity contribution >= 4 is 17.3 Å². The van der Waals surface area contributed by atoms with Crippen LogP contribution >= 0.6 is 0 Å². The van der Waals surface area contributed by atoms with Crippen LogP contribution in [0, 0.1) is 0 Å². The Morgan fingerprint density at radius 1 is 1.09 bits per heavy atom. The van der Waals surface area contributed by atoms with E-state index in [4.69, 9.17) is 5.73 Å². The quantitative estimate of drug-likeness (QED) is 0.891. The van der Waals surface area contributed by atoms with E-state index in [1.54, 1.807) is 0 Å². The van der Waals surface area contributed by atoms with Gasteiger partial charge in [0.1, 0.15) is 0 Å². The monoisotopic (exact) mass is 295 g/mol. The Kier molecular flexibility index (Phi) is 3.86. The standard InChI is InChI=1S/C18H21N3O/c1-21(15-5-3-2-4-6-15)16-9-7-14(8-10-16)13-20-17(22)18(19)11-12-18/h2-10H,11-13,19H2,1H3,(H,20,22). The largest absolute Gasteiger partial charge is 0.350 e. The number of anilines is 2. The molecule has 1 fully saturated rings. The molecule has 0 atom stereocenters. The summed E-state index contributed by atoms with van der Waals surface area (Å²) in [5, 5.41) is 2.90. The van der Waals surface area contributed by atoms with Gasteiger partial charge in [0.05, 0.1) is 5.54 Å². The van der Waals surface area contributed by atoms with Gasteiger partial charge in [0.25, 0.3) is 0 Å². The second kappa shape index (κ2) is 5.81. The molecule has 0 radical (unpaired) electrons.